The number of nitrogens with one attached hydrogen (secondary N) is 2. The minimum atomic E-state index is -0.437. The van der Waals surface area contributed by atoms with Gasteiger partial charge in [-0.3, -0.25) is 4.90 Å². The summed E-state index contributed by atoms with van der Waals surface area (Å²) in [5.41, 5.74) is 5.69. The number of thiazole rings is 1. The van der Waals surface area contributed by atoms with E-state index >= 15 is 0 Å². The highest BCUT2D eigenvalue weighted by atomic mass is 35.5. The van der Waals surface area contributed by atoms with Crippen molar-refractivity contribution < 1.29 is 4.39 Å². The Morgan fingerprint density at radius 1 is 1.06 bits per heavy atom. The third-order valence-electron chi connectivity index (χ3n) is 5.79. The van der Waals surface area contributed by atoms with E-state index in [0.717, 1.165) is 58.5 Å². The zero-order valence-corrected chi connectivity index (χ0v) is 21.2. The van der Waals surface area contributed by atoms with E-state index < -0.39 is 5.82 Å². The third kappa shape index (κ3) is 5.30. The van der Waals surface area contributed by atoms with Crippen LogP contribution in [0.5, 0.6) is 0 Å². The van der Waals surface area contributed by atoms with Crippen molar-refractivity contribution in [1.29, 1.82) is 0 Å². The lowest BCUT2D eigenvalue weighted by molar-refractivity contribution is 0.294. The van der Waals surface area contributed by atoms with Gasteiger partial charge in [0.1, 0.15) is 5.82 Å². The van der Waals surface area contributed by atoms with Crippen molar-refractivity contribution in [1.82, 2.24) is 14.9 Å². The molecular formula is C25H25ClFN5S2. The van der Waals surface area contributed by atoms with Crippen LogP contribution in [0.25, 0.3) is 10.3 Å². The lowest BCUT2D eigenvalue weighted by atomic mass is 10.1. The smallest absolute Gasteiger partial charge is 0.189 e. The first-order valence-corrected chi connectivity index (χ1v) is 13.6. The fourth-order valence-corrected chi connectivity index (χ4v) is 6.05. The van der Waals surface area contributed by atoms with Crippen molar-refractivity contribution >= 4 is 67.2 Å². The van der Waals surface area contributed by atoms with Crippen LogP contribution in [-0.4, -0.2) is 39.5 Å². The predicted octanol–water partition coefficient (Wildman–Crippen LogP) is 7.08. The van der Waals surface area contributed by atoms with Crippen molar-refractivity contribution in [2.75, 3.05) is 35.2 Å². The van der Waals surface area contributed by atoms with Crippen LogP contribution in [0.4, 0.5) is 26.6 Å². The molecule has 0 atom stereocenters. The molecule has 176 valence electrons. The number of fused-ring (bicyclic) bond motifs is 1. The first kappa shape index (κ1) is 23.4. The van der Waals surface area contributed by atoms with Gasteiger partial charge in [0.2, 0.25) is 0 Å². The number of aryl methyl sites for hydroxylation is 1. The molecule has 0 unspecified atom stereocenters. The molecule has 1 saturated heterocycles. The van der Waals surface area contributed by atoms with Gasteiger partial charge in [0.05, 0.1) is 15.4 Å². The lowest BCUT2D eigenvalue weighted by Crippen LogP contribution is -2.31. The van der Waals surface area contributed by atoms with Crippen LogP contribution in [0.3, 0.4) is 0 Å². The molecule has 5 nitrogen and oxygen atoms in total. The number of thioether (sulfide) groups is 1. The molecular weight excluding hydrogens is 489 g/mol. The SMILES string of the molecule is CCc1cnc2nc(Nc3ccc(CN4CCSCC4)cc3)sc2c1Nc1ccc(F)c(Cl)c1. The molecule has 3 heterocycles. The second-order valence-electron chi connectivity index (χ2n) is 8.15. The maximum absolute atomic E-state index is 13.6. The Labute approximate surface area is 211 Å². The Kier molecular flexibility index (Phi) is 7.20. The van der Waals surface area contributed by atoms with Gasteiger partial charge < -0.3 is 10.6 Å². The number of halogens is 2. The summed E-state index contributed by atoms with van der Waals surface area (Å²) >= 11 is 9.56. The second-order valence-corrected chi connectivity index (χ2v) is 10.8. The van der Waals surface area contributed by atoms with Crippen molar-refractivity contribution in [3.63, 3.8) is 0 Å². The van der Waals surface area contributed by atoms with E-state index in [4.69, 9.17) is 16.6 Å². The maximum atomic E-state index is 13.6. The van der Waals surface area contributed by atoms with Crippen molar-refractivity contribution in [2.45, 2.75) is 19.9 Å². The summed E-state index contributed by atoms with van der Waals surface area (Å²) in [6, 6.07) is 13.2. The summed E-state index contributed by atoms with van der Waals surface area (Å²) in [4.78, 5) is 11.8. The highest BCUT2D eigenvalue weighted by Crippen LogP contribution is 2.37. The van der Waals surface area contributed by atoms with Gasteiger partial charge in [-0.15, -0.1) is 0 Å². The Morgan fingerprint density at radius 2 is 1.82 bits per heavy atom. The van der Waals surface area contributed by atoms with Gasteiger partial charge in [-0.2, -0.15) is 16.7 Å². The molecule has 1 fully saturated rings. The monoisotopic (exact) mass is 513 g/mol. The average molecular weight is 514 g/mol. The van der Waals surface area contributed by atoms with Gasteiger partial charge in [-0.05, 0) is 47.9 Å². The standard InChI is InChI=1S/C25H25ClFN5S2/c1-2-17-14-28-24-23(22(17)29-19-7-8-21(27)20(26)13-19)34-25(31-24)30-18-5-3-16(4-6-18)15-32-9-11-33-12-10-32/h3-8,13-14H,2,9-12,15H2,1H3,(H2,28,29,30,31). The van der Waals surface area contributed by atoms with E-state index in [1.165, 1.54) is 23.1 Å². The third-order valence-corrected chi connectivity index (χ3v) is 7.99. The molecule has 0 bridgehead atoms. The van der Waals surface area contributed by atoms with Crippen molar-refractivity contribution in [2.24, 2.45) is 0 Å². The summed E-state index contributed by atoms with van der Waals surface area (Å²) in [5.74, 6) is 2.00. The van der Waals surface area contributed by atoms with E-state index in [1.54, 1.807) is 23.5 Å². The molecule has 1 aliphatic rings. The van der Waals surface area contributed by atoms with E-state index in [1.807, 2.05) is 18.0 Å². The highest BCUT2D eigenvalue weighted by Gasteiger charge is 2.15. The minimum absolute atomic E-state index is 0.0858. The topological polar surface area (TPSA) is 53.1 Å². The largest absolute Gasteiger partial charge is 0.354 e. The molecule has 2 aromatic heterocycles. The van der Waals surface area contributed by atoms with Gasteiger partial charge in [0.15, 0.2) is 10.8 Å². The number of pyridine rings is 1. The Bertz CT molecular complexity index is 1290. The predicted molar refractivity (Wildman–Crippen MR) is 144 cm³/mol. The average Bonchev–Trinajstić information content (AvgIpc) is 3.26. The molecule has 34 heavy (non-hydrogen) atoms. The first-order chi connectivity index (χ1) is 16.6. The van der Waals surface area contributed by atoms with Crippen LogP contribution < -0.4 is 10.6 Å². The fraction of sp³-hybridized carbons (Fsp3) is 0.280. The van der Waals surface area contributed by atoms with Crippen LogP contribution >= 0.6 is 34.7 Å². The summed E-state index contributed by atoms with van der Waals surface area (Å²) < 4.78 is 14.5. The quantitative estimate of drug-likeness (QED) is 0.275. The Balaban J connectivity index is 1.36. The second kappa shape index (κ2) is 10.5. The van der Waals surface area contributed by atoms with E-state index in [0.29, 0.717) is 5.65 Å². The number of hydrogen-bond donors (Lipinski definition) is 2. The summed E-state index contributed by atoms with van der Waals surface area (Å²) in [5, 5.41) is 7.69. The molecule has 0 aliphatic carbocycles. The molecule has 0 amide bonds. The molecule has 2 aromatic carbocycles. The molecule has 0 spiro atoms. The van der Waals surface area contributed by atoms with Gasteiger partial charge in [0.25, 0.3) is 0 Å². The van der Waals surface area contributed by atoms with Crippen LogP contribution in [0, 0.1) is 5.82 Å². The van der Waals surface area contributed by atoms with Gasteiger partial charge >= 0.3 is 0 Å². The molecule has 2 N–H and O–H groups in total. The summed E-state index contributed by atoms with van der Waals surface area (Å²) in [7, 11) is 0. The number of aromatic nitrogens is 2. The van der Waals surface area contributed by atoms with E-state index in [2.05, 4.69) is 51.7 Å². The summed E-state index contributed by atoms with van der Waals surface area (Å²) in [6.45, 7) is 5.39. The molecule has 0 saturated carbocycles. The maximum Gasteiger partial charge on any atom is 0.189 e. The van der Waals surface area contributed by atoms with Crippen LogP contribution in [-0.2, 0) is 13.0 Å². The Hall–Kier alpha value is -2.39. The molecule has 1 aliphatic heterocycles. The van der Waals surface area contributed by atoms with Crippen molar-refractivity contribution in [3.05, 3.63) is 70.6 Å². The van der Waals surface area contributed by atoms with E-state index in [-0.39, 0.29) is 5.02 Å². The number of hydrogen-bond acceptors (Lipinski definition) is 7. The molecule has 5 rings (SSSR count). The van der Waals surface area contributed by atoms with Gasteiger partial charge in [-0.1, -0.05) is 42.0 Å². The fourth-order valence-electron chi connectivity index (χ4n) is 3.92. The Morgan fingerprint density at radius 3 is 2.56 bits per heavy atom. The van der Waals surface area contributed by atoms with E-state index in [9.17, 15) is 4.39 Å². The normalized spacial score (nSPS) is 14.4. The number of anilines is 4. The van der Waals surface area contributed by atoms with Gasteiger partial charge in [0, 0.05) is 48.7 Å². The minimum Gasteiger partial charge on any atom is -0.354 e. The van der Waals surface area contributed by atoms with Crippen LogP contribution in [0.1, 0.15) is 18.1 Å². The molecule has 4 aromatic rings. The van der Waals surface area contributed by atoms with Crippen LogP contribution in [0.15, 0.2) is 48.7 Å². The first-order valence-electron chi connectivity index (χ1n) is 11.3. The summed E-state index contributed by atoms with van der Waals surface area (Å²) in [6.07, 6.45) is 2.64. The van der Waals surface area contributed by atoms with Crippen LogP contribution in [0.2, 0.25) is 5.02 Å². The lowest BCUT2D eigenvalue weighted by Gasteiger charge is -2.26. The van der Waals surface area contributed by atoms with Gasteiger partial charge in [-0.25, -0.2) is 9.37 Å². The number of benzene rings is 2. The highest BCUT2D eigenvalue weighted by molar-refractivity contribution is 7.99. The van der Waals surface area contributed by atoms with Crippen molar-refractivity contribution in [3.8, 4) is 0 Å². The number of rotatable bonds is 7. The zero-order chi connectivity index (χ0) is 23.5. The molecule has 0 radical (unpaired) electrons. The molecule has 9 heteroatoms. The zero-order valence-electron chi connectivity index (χ0n) is 18.8. The number of nitrogens with zero attached hydrogens (tertiary/aromatic N) is 3.